The van der Waals surface area contributed by atoms with Gasteiger partial charge in [0.2, 0.25) is 0 Å². The highest BCUT2D eigenvalue weighted by Gasteiger charge is 2.19. The van der Waals surface area contributed by atoms with E-state index in [1.165, 1.54) is 19.3 Å². The molecular weight excluding hydrogens is 288 g/mol. The monoisotopic (exact) mass is 312 g/mol. The molecule has 2 aromatic heterocycles. The van der Waals surface area contributed by atoms with Gasteiger partial charge in [0.1, 0.15) is 11.6 Å². The predicted octanol–water partition coefficient (Wildman–Crippen LogP) is 3.08. The van der Waals surface area contributed by atoms with Crippen LogP contribution in [0.5, 0.6) is 0 Å². The summed E-state index contributed by atoms with van der Waals surface area (Å²) >= 11 is 0. The van der Waals surface area contributed by atoms with Crippen molar-refractivity contribution >= 4 is 5.82 Å². The second-order valence-electron chi connectivity index (χ2n) is 6.39. The number of aromatic amines is 1. The Morgan fingerprint density at radius 1 is 1.35 bits per heavy atom. The van der Waals surface area contributed by atoms with Crippen LogP contribution >= 0.6 is 0 Å². The molecule has 3 rings (SSSR count). The van der Waals surface area contributed by atoms with E-state index in [-0.39, 0.29) is 5.56 Å². The van der Waals surface area contributed by atoms with Crippen LogP contribution in [0.2, 0.25) is 0 Å². The van der Waals surface area contributed by atoms with Crippen molar-refractivity contribution in [3.63, 3.8) is 0 Å². The zero-order valence-corrected chi connectivity index (χ0v) is 14.1. The zero-order valence-electron chi connectivity index (χ0n) is 14.1. The SMILES string of the molecule is CCC1CCCN(c2ccc(-c3nc(C)c(C)c(=O)[nH]3)cn2)C1. The number of hydrogen-bond acceptors (Lipinski definition) is 4. The normalized spacial score (nSPS) is 18.2. The number of rotatable bonds is 3. The summed E-state index contributed by atoms with van der Waals surface area (Å²) in [5.41, 5.74) is 2.18. The molecule has 0 bridgehead atoms. The first-order chi connectivity index (χ1) is 11.1. The van der Waals surface area contributed by atoms with Crippen molar-refractivity contribution < 1.29 is 0 Å². The molecule has 0 aromatic carbocycles. The van der Waals surface area contributed by atoms with Gasteiger partial charge in [0.25, 0.3) is 5.56 Å². The van der Waals surface area contributed by atoms with E-state index in [2.05, 4.69) is 26.8 Å². The van der Waals surface area contributed by atoms with Crippen LogP contribution in [0.4, 0.5) is 5.82 Å². The number of hydrogen-bond donors (Lipinski definition) is 1. The molecule has 1 aliphatic heterocycles. The molecule has 0 radical (unpaired) electrons. The minimum Gasteiger partial charge on any atom is -0.356 e. The third kappa shape index (κ3) is 3.28. The Morgan fingerprint density at radius 3 is 2.83 bits per heavy atom. The van der Waals surface area contributed by atoms with Crippen molar-refractivity contribution in [1.82, 2.24) is 15.0 Å². The summed E-state index contributed by atoms with van der Waals surface area (Å²) in [4.78, 5) is 26.1. The molecule has 23 heavy (non-hydrogen) atoms. The number of nitrogens with zero attached hydrogens (tertiary/aromatic N) is 3. The summed E-state index contributed by atoms with van der Waals surface area (Å²) in [7, 11) is 0. The second-order valence-corrected chi connectivity index (χ2v) is 6.39. The zero-order chi connectivity index (χ0) is 16.4. The fraction of sp³-hybridized carbons (Fsp3) is 0.500. The Morgan fingerprint density at radius 2 is 2.17 bits per heavy atom. The smallest absolute Gasteiger partial charge is 0.254 e. The molecule has 0 saturated carbocycles. The highest BCUT2D eigenvalue weighted by atomic mass is 16.1. The van der Waals surface area contributed by atoms with Crippen LogP contribution in [0.15, 0.2) is 23.1 Å². The average molecular weight is 312 g/mol. The average Bonchev–Trinajstić information content (AvgIpc) is 2.59. The number of nitrogens with one attached hydrogen (secondary N) is 1. The lowest BCUT2D eigenvalue weighted by Crippen LogP contribution is -2.35. The summed E-state index contributed by atoms with van der Waals surface area (Å²) < 4.78 is 0. The molecule has 5 heteroatoms. The topological polar surface area (TPSA) is 61.9 Å². The minimum absolute atomic E-state index is 0.0848. The largest absolute Gasteiger partial charge is 0.356 e. The Hall–Kier alpha value is -2.17. The van der Waals surface area contributed by atoms with E-state index in [1.54, 1.807) is 13.1 Å². The number of aromatic nitrogens is 3. The molecular formula is C18H24N4O. The highest BCUT2D eigenvalue weighted by molar-refractivity contribution is 5.56. The van der Waals surface area contributed by atoms with E-state index in [0.717, 1.165) is 36.1 Å². The van der Waals surface area contributed by atoms with Crippen molar-refractivity contribution in [3.8, 4) is 11.4 Å². The Kier molecular flexibility index (Phi) is 4.46. The first-order valence-corrected chi connectivity index (χ1v) is 8.37. The third-order valence-corrected chi connectivity index (χ3v) is 4.84. The second kappa shape index (κ2) is 6.52. The molecule has 1 atom stereocenters. The van der Waals surface area contributed by atoms with Gasteiger partial charge in [0.05, 0.1) is 0 Å². The fourth-order valence-electron chi connectivity index (χ4n) is 3.10. The van der Waals surface area contributed by atoms with Gasteiger partial charge < -0.3 is 9.88 Å². The van der Waals surface area contributed by atoms with Crippen LogP contribution in [0.3, 0.4) is 0 Å². The molecule has 3 heterocycles. The first-order valence-electron chi connectivity index (χ1n) is 8.37. The van der Waals surface area contributed by atoms with Crippen molar-refractivity contribution in [2.45, 2.75) is 40.0 Å². The van der Waals surface area contributed by atoms with Gasteiger partial charge in [0.15, 0.2) is 0 Å². The van der Waals surface area contributed by atoms with Gasteiger partial charge in [-0.05, 0) is 44.7 Å². The fourth-order valence-corrected chi connectivity index (χ4v) is 3.10. The molecule has 0 aliphatic carbocycles. The first kappa shape index (κ1) is 15.7. The Balaban J connectivity index is 1.83. The van der Waals surface area contributed by atoms with E-state index in [4.69, 9.17) is 0 Å². The van der Waals surface area contributed by atoms with Gasteiger partial charge in [-0.15, -0.1) is 0 Å². The summed E-state index contributed by atoms with van der Waals surface area (Å²) in [6.45, 7) is 8.05. The molecule has 1 saturated heterocycles. The maximum Gasteiger partial charge on any atom is 0.254 e. The molecule has 5 nitrogen and oxygen atoms in total. The number of anilines is 1. The van der Waals surface area contributed by atoms with Gasteiger partial charge in [-0.1, -0.05) is 13.3 Å². The lowest BCUT2D eigenvalue weighted by atomic mass is 9.96. The van der Waals surface area contributed by atoms with Gasteiger partial charge in [0, 0.05) is 36.1 Å². The molecule has 0 amide bonds. The number of aryl methyl sites for hydroxylation is 1. The predicted molar refractivity (Wildman–Crippen MR) is 92.8 cm³/mol. The lowest BCUT2D eigenvalue weighted by Gasteiger charge is -2.33. The van der Waals surface area contributed by atoms with E-state index >= 15 is 0 Å². The molecule has 1 aliphatic rings. The lowest BCUT2D eigenvalue weighted by molar-refractivity contribution is 0.403. The van der Waals surface area contributed by atoms with Gasteiger partial charge in [-0.25, -0.2) is 9.97 Å². The summed E-state index contributed by atoms with van der Waals surface area (Å²) in [5, 5.41) is 0. The molecule has 2 aromatic rings. The molecule has 1 unspecified atom stereocenters. The quantitative estimate of drug-likeness (QED) is 0.946. The maximum absolute atomic E-state index is 11.9. The van der Waals surface area contributed by atoms with Crippen molar-refractivity contribution in [2.24, 2.45) is 5.92 Å². The highest BCUT2D eigenvalue weighted by Crippen LogP contribution is 2.24. The van der Waals surface area contributed by atoms with Crippen LogP contribution in [0.25, 0.3) is 11.4 Å². The van der Waals surface area contributed by atoms with E-state index in [0.29, 0.717) is 11.4 Å². The van der Waals surface area contributed by atoms with Gasteiger partial charge >= 0.3 is 0 Å². The van der Waals surface area contributed by atoms with Crippen LogP contribution in [-0.2, 0) is 0 Å². The maximum atomic E-state index is 11.9. The molecule has 0 spiro atoms. The molecule has 1 N–H and O–H groups in total. The standard InChI is InChI=1S/C18H24N4O/c1-4-14-6-5-9-22(11-14)16-8-7-15(10-19-16)17-20-13(3)12(2)18(23)21-17/h7-8,10,14H,4-6,9,11H2,1-3H3,(H,20,21,23). The van der Waals surface area contributed by atoms with Crippen LogP contribution in [0.1, 0.15) is 37.4 Å². The van der Waals surface area contributed by atoms with Crippen LogP contribution in [0, 0.1) is 19.8 Å². The van der Waals surface area contributed by atoms with Gasteiger partial charge in [-0.3, -0.25) is 4.79 Å². The third-order valence-electron chi connectivity index (χ3n) is 4.84. The number of pyridine rings is 1. The van der Waals surface area contributed by atoms with E-state index < -0.39 is 0 Å². The van der Waals surface area contributed by atoms with Crippen molar-refractivity contribution in [1.29, 1.82) is 0 Å². The number of H-pyrrole nitrogens is 1. The van der Waals surface area contributed by atoms with Crippen LogP contribution in [-0.4, -0.2) is 28.0 Å². The van der Waals surface area contributed by atoms with Crippen molar-refractivity contribution in [3.05, 3.63) is 39.9 Å². The van der Waals surface area contributed by atoms with Crippen molar-refractivity contribution in [2.75, 3.05) is 18.0 Å². The summed E-state index contributed by atoms with van der Waals surface area (Å²) in [6.07, 6.45) is 5.58. The summed E-state index contributed by atoms with van der Waals surface area (Å²) in [6, 6.07) is 4.02. The van der Waals surface area contributed by atoms with E-state index in [1.807, 2.05) is 19.1 Å². The van der Waals surface area contributed by atoms with E-state index in [9.17, 15) is 4.79 Å². The summed E-state index contributed by atoms with van der Waals surface area (Å²) in [5.74, 6) is 2.36. The number of piperidine rings is 1. The Labute approximate surface area is 136 Å². The van der Waals surface area contributed by atoms with Gasteiger partial charge in [-0.2, -0.15) is 0 Å². The molecule has 122 valence electrons. The van der Waals surface area contributed by atoms with Crippen LogP contribution < -0.4 is 10.5 Å². The molecule has 1 fully saturated rings. The Bertz CT molecular complexity index is 736. The minimum atomic E-state index is -0.0848.